The molecule has 2 rings (SSSR count). The predicted octanol–water partition coefficient (Wildman–Crippen LogP) is 0.967. The zero-order valence-corrected chi connectivity index (χ0v) is 11.3. The largest absolute Gasteiger partial charge is 0.496 e. The van der Waals surface area contributed by atoms with Crippen LogP contribution in [0.3, 0.4) is 0 Å². The minimum Gasteiger partial charge on any atom is -0.496 e. The van der Waals surface area contributed by atoms with Crippen LogP contribution >= 0.6 is 8.53 Å². The lowest BCUT2D eigenvalue weighted by molar-refractivity contribution is 0.396. The van der Waals surface area contributed by atoms with E-state index in [0.29, 0.717) is 17.1 Å². The highest BCUT2D eigenvalue weighted by Crippen LogP contribution is 2.29. The lowest BCUT2D eigenvalue weighted by atomic mass is 10.2. The molecule has 0 saturated heterocycles. The van der Waals surface area contributed by atoms with Crippen molar-refractivity contribution in [3.8, 4) is 11.5 Å². The van der Waals surface area contributed by atoms with Gasteiger partial charge in [0.15, 0.2) is 0 Å². The molecule has 0 radical (unpaired) electrons. The summed E-state index contributed by atoms with van der Waals surface area (Å²) in [4.78, 5) is 25.9. The summed E-state index contributed by atoms with van der Waals surface area (Å²) in [7, 11) is 0.978. The van der Waals surface area contributed by atoms with Crippen LogP contribution in [0.25, 0.3) is 11.0 Å². The molecule has 0 unspecified atom stereocenters. The Kier molecular flexibility index (Phi) is 5.72. The van der Waals surface area contributed by atoms with Gasteiger partial charge in [-0.1, -0.05) is 0 Å². The average Bonchev–Trinajstić information content (AvgIpc) is 2.36. The maximum Gasteiger partial charge on any atom is 0.336 e. The van der Waals surface area contributed by atoms with E-state index in [1.165, 1.54) is 6.07 Å². The fourth-order valence-corrected chi connectivity index (χ4v) is 1.41. The molecule has 0 bridgehead atoms. The topological polar surface area (TPSA) is 115 Å². The summed E-state index contributed by atoms with van der Waals surface area (Å²) in [6.07, 6.45) is 0. The molecule has 1 heterocycles. The second-order valence-corrected chi connectivity index (χ2v) is 3.96. The van der Waals surface area contributed by atoms with Crippen LogP contribution in [0.15, 0.2) is 33.5 Å². The number of hydrogen-bond donors (Lipinski definition) is 3. The molecule has 2 aromatic rings. The minimum absolute atomic E-state index is 0.391. The van der Waals surface area contributed by atoms with Gasteiger partial charge < -0.3 is 23.7 Å². The van der Waals surface area contributed by atoms with Gasteiger partial charge in [0.1, 0.15) is 17.1 Å². The lowest BCUT2D eigenvalue weighted by Crippen LogP contribution is -1.96. The van der Waals surface area contributed by atoms with E-state index in [1.54, 1.807) is 32.4 Å². The Bertz CT molecular complexity index is 594. The molecule has 0 aliphatic rings. The van der Waals surface area contributed by atoms with Crippen LogP contribution in [0.4, 0.5) is 0 Å². The molecule has 104 valence electrons. The van der Waals surface area contributed by atoms with E-state index in [2.05, 4.69) is 5.50 Å². The van der Waals surface area contributed by atoms with Crippen molar-refractivity contribution in [1.29, 1.82) is 0 Å². The Balaban J connectivity index is 0.000000399. The highest BCUT2D eigenvalue weighted by Gasteiger charge is 2.06. The number of ether oxygens (including phenoxy) is 2. The highest BCUT2D eigenvalue weighted by atomic mass is 31.2. The standard InChI is InChI=1S/C11H10O4.H4NO2P/c1-13-7-5-9(14-2)8-3-4-11(12)15-10(8)6-7;1-4(2)3/h3-6H,1-2H3;2-3H,1H2. The summed E-state index contributed by atoms with van der Waals surface area (Å²) in [5, 5.41) is 0.748. The highest BCUT2D eigenvalue weighted by molar-refractivity contribution is 7.42. The first-order valence-corrected chi connectivity index (χ1v) is 6.38. The second kappa shape index (κ2) is 7.06. The first kappa shape index (κ1) is 15.4. The van der Waals surface area contributed by atoms with Crippen molar-refractivity contribution in [3.05, 3.63) is 34.7 Å². The smallest absolute Gasteiger partial charge is 0.336 e. The maximum atomic E-state index is 11.0. The van der Waals surface area contributed by atoms with Crippen LogP contribution in [0, 0.1) is 0 Å². The van der Waals surface area contributed by atoms with E-state index < -0.39 is 14.2 Å². The van der Waals surface area contributed by atoms with Crippen LogP contribution in [-0.4, -0.2) is 24.0 Å². The number of methoxy groups -OCH3 is 2. The molecule has 1 aromatic carbocycles. The van der Waals surface area contributed by atoms with Crippen LogP contribution in [0.5, 0.6) is 11.5 Å². The quantitative estimate of drug-likeness (QED) is 0.556. The number of fused-ring (bicyclic) bond motifs is 1. The summed E-state index contributed by atoms with van der Waals surface area (Å²) in [6.45, 7) is 0. The normalized spacial score (nSPS) is 10.0. The Morgan fingerprint density at radius 2 is 1.84 bits per heavy atom. The third-order valence-electron chi connectivity index (χ3n) is 2.13. The average molecular weight is 287 g/mol. The first-order chi connectivity index (χ1) is 8.97. The fourth-order valence-electron chi connectivity index (χ4n) is 1.41. The monoisotopic (exact) mass is 287 g/mol. The van der Waals surface area contributed by atoms with Gasteiger partial charge in [0.25, 0.3) is 0 Å². The molecule has 8 heteroatoms. The molecule has 0 aliphatic carbocycles. The van der Waals surface area contributed by atoms with Crippen LogP contribution in [0.1, 0.15) is 0 Å². The summed E-state index contributed by atoms with van der Waals surface area (Å²) in [6, 6.07) is 6.42. The zero-order chi connectivity index (χ0) is 14.4. The van der Waals surface area contributed by atoms with Crippen molar-refractivity contribution >= 4 is 19.5 Å². The number of nitrogens with two attached hydrogens (primary N) is 1. The molecule has 0 atom stereocenters. The third kappa shape index (κ3) is 4.50. The van der Waals surface area contributed by atoms with Crippen molar-refractivity contribution in [2.45, 2.75) is 0 Å². The molecular weight excluding hydrogens is 273 g/mol. The van der Waals surface area contributed by atoms with Gasteiger partial charge >= 0.3 is 5.63 Å². The molecule has 0 aliphatic heterocycles. The SMILES string of the molecule is COc1cc(OC)c2ccc(=O)oc2c1.NP(O)O. The van der Waals surface area contributed by atoms with E-state index in [4.69, 9.17) is 23.7 Å². The third-order valence-corrected chi connectivity index (χ3v) is 2.13. The van der Waals surface area contributed by atoms with Gasteiger partial charge in [-0.15, -0.1) is 0 Å². The van der Waals surface area contributed by atoms with Crippen LogP contribution in [0.2, 0.25) is 0 Å². The molecular formula is C11H14NO6P. The van der Waals surface area contributed by atoms with Crippen molar-refractivity contribution < 1.29 is 23.7 Å². The molecule has 7 nitrogen and oxygen atoms in total. The van der Waals surface area contributed by atoms with Gasteiger partial charge in [0.2, 0.25) is 8.53 Å². The molecule has 4 N–H and O–H groups in total. The molecule has 0 amide bonds. The predicted molar refractivity (Wildman–Crippen MR) is 71.1 cm³/mol. The Hall–Kier alpha value is -1.66. The van der Waals surface area contributed by atoms with E-state index in [-0.39, 0.29) is 0 Å². The van der Waals surface area contributed by atoms with Crippen molar-refractivity contribution in [2.75, 3.05) is 14.2 Å². The molecule has 0 spiro atoms. The van der Waals surface area contributed by atoms with Crippen LogP contribution < -0.4 is 20.6 Å². The lowest BCUT2D eigenvalue weighted by Gasteiger charge is -2.06. The van der Waals surface area contributed by atoms with Crippen molar-refractivity contribution in [2.24, 2.45) is 5.50 Å². The van der Waals surface area contributed by atoms with Gasteiger partial charge in [0.05, 0.1) is 19.6 Å². The van der Waals surface area contributed by atoms with E-state index >= 15 is 0 Å². The molecule has 0 saturated carbocycles. The zero-order valence-electron chi connectivity index (χ0n) is 10.4. The molecule has 1 aromatic heterocycles. The van der Waals surface area contributed by atoms with Gasteiger partial charge in [0, 0.05) is 18.2 Å². The Labute approximate surface area is 110 Å². The number of benzene rings is 1. The molecule has 19 heavy (non-hydrogen) atoms. The summed E-state index contributed by atoms with van der Waals surface area (Å²) >= 11 is 0. The van der Waals surface area contributed by atoms with Gasteiger partial charge in [-0.3, -0.25) is 5.50 Å². The minimum atomic E-state index is -2.12. The fraction of sp³-hybridized carbons (Fsp3) is 0.182. The number of rotatable bonds is 2. The Morgan fingerprint density at radius 1 is 1.21 bits per heavy atom. The van der Waals surface area contributed by atoms with Gasteiger partial charge in [-0.2, -0.15) is 0 Å². The maximum absolute atomic E-state index is 11.0. The second-order valence-electron chi connectivity index (χ2n) is 3.32. The van der Waals surface area contributed by atoms with Crippen molar-refractivity contribution in [1.82, 2.24) is 0 Å². The first-order valence-electron chi connectivity index (χ1n) is 5.06. The van der Waals surface area contributed by atoms with Crippen molar-refractivity contribution in [3.63, 3.8) is 0 Å². The summed E-state index contributed by atoms with van der Waals surface area (Å²) in [5.74, 6) is 1.21. The Morgan fingerprint density at radius 3 is 2.37 bits per heavy atom. The number of hydrogen-bond acceptors (Lipinski definition) is 7. The van der Waals surface area contributed by atoms with Gasteiger partial charge in [-0.25, -0.2) is 4.79 Å². The van der Waals surface area contributed by atoms with E-state index in [9.17, 15) is 4.79 Å². The van der Waals surface area contributed by atoms with E-state index in [0.717, 1.165) is 5.39 Å². The van der Waals surface area contributed by atoms with E-state index in [1.807, 2.05) is 0 Å². The van der Waals surface area contributed by atoms with Crippen LogP contribution in [-0.2, 0) is 0 Å². The van der Waals surface area contributed by atoms with Gasteiger partial charge in [-0.05, 0) is 6.07 Å². The molecule has 0 fully saturated rings. The summed E-state index contributed by atoms with van der Waals surface area (Å²) < 4.78 is 15.3. The summed E-state index contributed by atoms with van der Waals surface area (Å²) in [5.41, 5.74) is 4.35.